The molecule has 0 bridgehead atoms. The molecule has 3 aliphatic rings. The third kappa shape index (κ3) is 2.97. The summed E-state index contributed by atoms with van der Waals surface area (Å²) in [4.78, 5) is 12.2. The molecule has 2 unspecified atom stereocenters. The molecule has 0 radical (unpaired) electrons. The van der Waals surface area contributed by atoms with Crippen LogP contribution in [0, 0.1) is 11.3 Å². The maximum Gasteiger partial charge on any atom is 0.101 e. The molecule has 1 aromatic heterocycles. The van der Waals surface area contributed by atoms with E-state index in [9.17, 15) is 5.26 Å². The summed E-state index contributed by atoms with van der Waals surface area (Å²) in [5.74, 6) is 0. The minimum Gasteiger partial charge on any atom is -0.372 e. The van der Waals surface area contributed by atoms with Crippen molar-refractivity contribution in [2.75, 3.05) is 36.0 Å². The number of piperazine rings is 1. The van der Waals surface area contributed by atoms with Gasteiger partial charge in [0.15, 0.2) is 0 Å². The molecular formula is C26H27N5. The second kappa shape index (κ2) is 7.25. The number of anilines is 2. The summed E-state index contributed by atoms with van der Waals surface area (Å²) in [5, 5.41) is 10.6. The summed E-state index contributed by atoms with van der Waals surface area (Å²) >= 11 is 0. The SMILES string of the molecule is CC1CN(c2ccc(C#N)c3ncccc23)CC2c3ccc(N4CCCC4)cc3CN12. The van der Waals surface area contributed by atoms with Crippen molar-refractivity contribution in [2.45, 2.75) is 38.4 Å². The van der Waals surface area contributed by atoms with E-state index in [1.165, 1.54) is 48.4 Å². The summed E-state index contributed by atoms with van der Waals surface area (Å²) in [5.41, 5.74) is 7.01. The lowest BCUT2D eigenvalue weighted by Gasteiger charge is -2.43. The van der Waals surface area contributed by atoms with Crippen LogP contribution in [-0.4, -0.2) is 42.1 Å². The minimum atomic E-state index is 0.411. The van der Waals surface area contributed by atoms with Gasteiger partial charge in [0.1, 0.15) is 6.07 Å². The van der Waals surface area contributed by atoms with Gasteiger partial charge in [-0.25, -0.2) is 0 Å². The van der Waals surface area contributed by atoms with Gasteiger partial charge in [0, 0.05) is 61.7 Å². The number of nitrogens with zero attached hydrogens (tertiary/aromatic N) is 5. The highest BCUT2D eigenvalue weighted by Gasteiger charge is 2.39. The molecule has 0 saturated carbocycles. The second-order valence-electron chi connectivity index (χ2n) is 9.16. The number of rotatable bonds is 2. The van der Waals surface area contributed by atoms with E-state index >= 15 is 0 Å². The van der Waals surface area contributed by atoms with Crippen LogP contribution < -0.4 is 9.80 Å². The molecule has 4 heterocycles. The molecule has 3 aromatic rings. The van der Waals surface area contributed by atoms with Crippen molar-refractivity contribution in [1.82, 2.24) is 9.88 Å². The Labute approximate surface area is 183 Å². The largest absolute Gasteiger partial charge is 0.372 e. The zero-order valence-electron chi connectivity index (χ0n) is 18.0. The molecule has 2 fully saturated rings. The van der Waals surface area contributed by atoms with Crippen LogP contribution >= 0.6 is 0 Å². The number of hydrogen-bond acceptors (Lipinski definition) is 5. The van der Waals surface area contributed by atoms with Crippen molar-refractivity contribution < 1.29 is 0 Å². The molecule has 0 amide bonds. The molecule has 0 spiro atoms. The van der Waals surface area contributed by atoms with Crippen LogP contribution in [-0.2, 0) is 6.54 Å². The van der Waals surface area contributed by atoms with Crippen LogP contribution in [0.25, 0.3) is 10.9 Å². The van der Waals surface area contributed by atoms with Gasteiger partial charge in [-0.05, 0) is 67.3 Å². The number of benzene rings is 2. The number of pyridine rings is 1. The second-order valence-corrected chi connectivity index (χ2v) is 9.16. The molecular weight excluding hydrogens is 382 g/mol. The normalized spacial score (nSPS) is 23.1. The average molecular weight is 410 g/mol. The van der Waals surface area contributed by atoms with Crippen LogP contribution in [0.2, 0.25) is 0 Å². The highest BCUT2D eigenvalue weighted by atomic mass is 15.3. The number of hydrogen-bond donors (Lipinski definition) is 0. The standard InChI is InChI=1S/C26H27N5/c1-18-15-30(24-9-6-19(14-27)26-23(24)5-4-10-28-26)17-25-22-8-7-21(29-11-2-3-12-29)13-20(22)16-31(18)25/h4-10,13,18,25H,2-3,11-12,15-17H2,1H3. The van der Waals surface area contributed by atoms with Crippen LogP contribution in [0.3, 0.4) is 0 Å². The first kappa shape index (κ1) is 18.7. The average Bonchev–Trinajstić information content (AvgIpc) is 3.46. The quantitative estimate of drug-likeness (QED) is 0.625. The number of aromatic nitrogens is 1. The van der Waals surface area contributed by atoms with E-state index in [1.807, 2.05) is 12.1 Å². The van der Waals surface area contributed by atoms with Crippen LogP contribution in [0.15, 0.2) is 48.7 Å². The first-order valence-corrected chi connectivity index (χ1v) is 11.4. The Kier molecular flexibility index (Phi) is 4.36. The first-order chi connectivity index (χ1) is 15.2. The van der Waals surface area contributed by atoms with Gasteiger partial charge in [-0.3, -0.25) is 9.88 Å². The fourth-order valence-corrected chi connectivity index (χ4v) is 5.81. The molecule has 5 nitrogen and oxygen atoms in total. The lowest BCUT2D eigenvalue weighted by Crippen LogP contribution is -2.51. The molecule has 156 valence electrons. The van der Waals surface area contributed by atoms with Crippen molar-refractivity contribution in [3.63, 3.8) is 0 Å². The Morgan fingerprint density at radius 1 is 1.03 bits per heavy atom. The van der Waals surface area contributed by atoms with Crippen molar-refractivity contribution in [3.05, 3.63) is 65.4 Å². The lowest BCUT2D eigenvalue weighted by molar-refractivity contribution is 0.134. The Hall–Kier alpha value is -3.10. The third-order valence-electron chi connectivity index (χ3n) is 7.36. The first-order valence-electron chi connectivity index (χ1n) is 11.4. The van der Waals surface area contributed by atoms with Crippen molar-refractivity contribution in [2.24, 2.45) is 0 Å². The molecule has 6 rings (SSSR count). The van der Waals surface area contributed by atoms with E-state index in [1.54, 1.807) is 6.20 Å². The summed E-state index contributed by atoms with van der Waals surface area (Å²) in [7, 11) is 0. The van der Waals surface area contributed by atoms with E-state index in [0.717, 1.165) is 30.5 Å². The number of nitriles is 1. The van der Waals surface area contributed by atoms with Gasteiger partial charge in [0.2, 0.25) is 0 Å². The van der Waals surface area contributed by atoms with Crippen molar-refractivity contribution >= 4 is 22.3 Å². The maximum atomic E-state index is 9.50. The fraction of sp³-hybridized carbons (Fsp3) is 0.385. The Bertz CT molecular complexity index is 1190. The summed E-state index contributed by atoms with van der Waals surface area (Å²) < 4.78 is 0. The van der Waals surface area contributed by atoms with Crippen LogP contribution in [0.4, 0.5) is 11.4 Å². The zero-order valence-corrected chi connectivity index (χ0v) is 18.0. The summed E-state index contributed by atoms with van der Waals surface area (Å²) in [6.45, 7) is 7.73. The predicted molar refractivity (Wildman–Crippen MR) is 124 cm³/mol. The molecule has 0 aliphatic carbocycles. The van der Waals surface area contributed by atoms with Gasteiger partial charge in [-0.1, -0.05) is 6.07 Å². The Morgan fingerprint density at radius 2 is 1.90 bits per heavy atom. The van der Waals surface area contributed by atoms with Gasteiger partial charge in [-0.2, -0.15) is 5.26 Å². The monoisotopic (exact) mass is 409 g/mol. The third-order valence-corrected chi connectivity index (χ3v) is 7.36. The van der Waals surface area contributed by atoms with E-state index in [0.29, 0.717) is 17.6 Å². The van der Waals surface area contributed by atoms with Crippen molar-refractivity contribution in [3.8, 4) is 6.07 Å². The van der Waals surface area contributed by atoms with Crippen LogP contribution in [0.1, 0.15) is 42.5 Å². The predicted octanol–water partition coefficient (Wildman–Crippen LogP) is 4.47. The van der Waals surface area contributed by atoms with Gasteiger partial charge >= 0.3 is 0 Å². The molecule has 2 saturated heterocycles. The summed E-state index contributed by atoms with van der Waals surface area (Å²) in [6, 6.07) is 18.4. The van der Waals surface area contributed by atoms with Crippen LogP contribution in [0.5, 0.6) is 0 Å². The van der Waals surface area contributed by atoms with E-state index in [2.05, 4.69) is 63.0 Å². The molecule has 3 aliphatic heterocycles. The Balaban J connectivity index is 1.35. The van der Waals surface area contributed by atoms with E-state index in [-0.39, 0.29) is 0 Å². The molecule has 31 heavy (non-hydrogen) atoms. The minimum absolute atomic E-state index is 0.411. The van der Waals surface area contributed by atoms with Gasteiger partial charge in [0.25, 0.3) is 0 Å². The maximum absolute atomic E-state index is 9.50. The lowest BCUT2D eigenvalue weighted by atomic mass is 9.99. The van der Waals surface area contributed by atoms with Gasteiger partial charge < -0.3 is 9.80 Å². The number of fused-ring (bicyclic) bond motifs is 4. The van der Waals surface area contributed by atoms with E-state index in [4.69, 9.17) is 0 Å². The van der Waals surface area contributed by atoms with Crippen molar-refractivity contribution in [1.29, 1.82) is 5.26 Å². The smallest absolute Gasteiger partial charge is 0.101 e. The molecule has 5 heteroatoms. The Morgan fingerprint density at radius 3 is 2.74 bits per heavy atom. The highest BCUT2D eigenvalue weighted by molar-refractivity contribution is 5.95. The van der Waals surface area contributed by atoms with E-state index < -0.39 is 0 Å². The molecule has 2 aromatic carbocycles. The van der Waals surface area contributed by atoms with Gasteiger partial charge in [0.05, 0.1) is 17.1 Å². The molecule has 2 atom stereocenters. The zero-order chi connectivity index (χ0) is 20.9. The topological polar surface area (TPSA) is 46.4 Å². The summed E-state index contributed by atoms with van der Waals surface area (Å²) in [6.07, 6.45) is 4.40. The fourth-order valence-electron chi connectivity index (χ4n) is 5.81. The highest BCUT2D eigenvalue weighted by Crippen LogP contribution is 2.42. The van der Waals surface area contributed by atoms with Gasteiger partial charge in [-0.15, -0.1) is 0 Å². The molecule has 0 N–H and O–H groups in total.